The third kappa shape index (κ3) is 6.46. The summed E-state index contributed by atoms with van der Waals surface area (Å²) in [6, 6.07) is 31.0. The molecule has 0 radical (unpaired) electrons. The van der Waals surface area contributed by atoms with Crippen LogP contribution in [0.25, 0.3) is 0 Å². The van der Waals surface area contributed by atoms with E-state index in [0.717, 1.165) is 30.4 Å². The molecular weight excluding hydrogens is 356 g/mol. The maximum atomic E-state index is 12.9. The molecule has 0 aliphatic rings. The van der Waals surface area contributed by atoms with Crippen molar-refractivity contribution in [3.05, 3.63) is 119 Å². The molecule has 0 heterocycles. The molecular formula is C27H28O2. The van der Waals surface area contributed by atoms with Crippen LogP contribution in [0.15, 0.2) is 102 Å². The first-order valence-electron chi connectivity index (χ1n) is 10.3. The summed E-state index contributed by atoms with van der Waals surface area (Å²) in [6.45, 7) is 2.25. The van der Waals surface area contributed by atoms with E-state index in [2.05, 4.69) is 36.4 Å². The molecule has 3 rings (SSSR count). The zero-order valence-electron chi connectivity index (χ0n) is 17.0. The fourth-order valence-electron chi connectivity index (χ4n) is 3.52. The third-order valence-corrected chi connectivity index (χ3v) is 4.98. The molecule has 0 amide bonds. The SMILES string of the molecule is CCOC(=O)C(CCc1ccccc1)=C(Cc1ccccc1)Cc1ccccc1. The van der Waals surface area contributed by atoms with Crippen LogP contribution in [0, 0.1) is 0 Å². The second-order valence-corrected chi connectivity index (χ2v) is 7.11. The second kappa shape index (κ2) is 11.0. The van der Waals surface area contributed by atoms with E-state index in [0.29, 0.717) is 13.0 Å². The molecule has 29 heavy (non-hydrogen) atoms. The van der Waals surface area contributed by atoms with Gasteiger partial charge in [-0.2, -0.15) is 0 Å². The maximum Gasteiger partial charge on any atom is 0.333 e. The van der Waals surface area contributed by atoms with Gasteiger partial charge in [0.05, 0.1) is 6.61 Å². The Morgan fingerprint density at radius 3 is 1.59 bits per heavy atom. The summed E-state index contributed by atoms with van der Waals surface area (Å²) in [7, 11) is 0. The van der Waals surface area contributed by atoms with Gasteiger partial charge in [-0.1, -0.05) is 96.6 Å². The van der Waals surface area contributed by atoms with Crippen molar-refractivity contribution in [1.29, 1.82) is 0 Å². The van der Waals surface area contributed by atoms with Crippen molar-refractivity contribution in [2.24, 2.45) is 0 Å². The highest BCUT2D eigenvalue weighted by Crippen LogP contribution is 2.23. The first kappa shape index (κ1) is 20.6. The van der Waals surface area contributed by atoms with E-state index in [1.54, 1.807) is 0 Å². The molecule has 0 aromatic heterocycles. The van der Waals surface area contributed by atoms with E-state index in [1.165, 1.54) is 16.7 Å². The van der Waals surface area contributed by atoms with Gasteiger partial charge in [0.2, 0.25) is 0 Å². The van der Waals surface area contributed by atoms with Crippen molar-refractivity contribution >= 4 is 5.97 Å². The Morgan fingerprint density at radius 1 is 0.690 bits per heavy atom. The van der Waals surface area contributed by atoms with Gasteiger partial charge in [0.1, 0.15) is 0 Å². The molecule has 0 atom stereocenters. The van der Waals surface area contributed by atoms with Crippen molar-refractivity contribution < 1.29 is 9.53 Å². The van der Waals surface area contributed by atoms with E-state index >= 15 is 0 Å². The van der Waals surface area contributed by atoms with Crippen molar-refractivity contribution in [3.63, 3.8) is 0 Å². The van der Waals surface area contributed by atoms with E-state index in [1.807, 2.05) is 61.5 Å². The van der Waals surface area contributed by atoms with Crippen LogP contribution in [0.5, 0.6) is 0 Å². The lowest BCUT2D eigenvalue weighted by Gasteiger charge is -2.16. The zero-order valence-corrected chi connectivity index (χ0v) is 17.0. The molecule has 0 fully saturated rings. The van der Waals surface area contributed by atoms with Crippen molar-refractivity contribution in [1.82, 2.24) is 0 Å². The van der Waals surface area contributed by atoms with Gasteiger partial charge in [-0.05, 0) is 49.3 Å². The smallest absolute Gasteiger partial charge is 0.333 e. The van der Waals surface area contributed by atoms with Crippen LogP contribution in [-0.4, -0.2) is 12.6 Å². The van der Waals surface area contributed by atoms with Crippen molar-refractivity contribution in [3.8, 4) is 0 Å². The fourth-order valence-corrected chi connectivity index (χ4v) is 3.52. The van der Waals surface area contributed by atoms with Gasteiger partial charge in [-0.25, -0.2) is 4.79 Å². The number of rotatable bonds is 9. The lowest BCUT2D eigenvalue weighted by Crippen LogP contribution is -2.14. The molecule has 0 unspecified atom stereocenters. The average Bonchev–Trinajstić information content (AvgIpc) is 2.76. The van der Waals surface area contributed by atoms with Gasteiger partial charge in [-0.3, -0.25) is 0 Å². The van der Waals surface area contributed by atoms with Crippen LogP contribution < -0.4 is 0 Å². The molecule has 0 aliphatic carbocycles. The van der Waals surface area contributed by atoms with E-state index in [-0.39, 0.29) is 5.97 Å². The quantitative estimate of drug-likeness (QED) is 0.336. The minimum Gasteiger partial charge on any atom is -0.463 e. The topological polar surface area (TPSA) is 26.3 Å². The minimum atomic E-state index is -0.190. The first-order chi connectivity index (χ1) is 14.3. The molecule has 0 saturated carbocycles. The number of aryl methyl sites for hydroxylation is 1. The Balaban J connectivity index is 1.95. The Bertz CT molecular complexity index is 869. The molecule has 0 spiro atoms. The molecule has 0 aliphatic heterocycles. The number of hydrogen-bond donors (Lipinski definition) is 0. The van der Waals surface area contributed by atoms with Crippen LogP contribution in [0.3, 0.4) is 0 Å². The summed E-state index contributed by atoms with van der Waals surface area (Å²) in [6.07, 6.45) is 3.00. The van der Waals surface area contributed by atoms with Crippen LogP contribution in [-0.2, 0) is 28.8 Å². The van der Waals surface area contributed by atoms with Gasteiger partial charge in [0, 0.05) is 5.57 Å². The van der Waals surface area contributed by atoms with Crippen molar-refractivity contribution in [2.45, 2.75) is 32.6 Å². The van der Waals surface area contributed by atoms with Gasteiger partial charge < -0.3 is 4.74 Å². The number of hydrogen-bond acceptors (Lipinski definition) is 2. The Kier molecular flexibility index (Phi) is 7.82. The third-order valence-electron chi connectivity index (χ3n) is 4.98. The summed E-state index contributed by atoms with van der Waals surface area (Å²) < 4.78 is 5.45. The summed E-state index contributed by atoms with van der Waals surface area (Å²) in [4.78, 5) is 12.9. The number of carbonyl (C=O) groups is 1. The molecule has 3 aromatic carbocycles. The lowest BCUT2D eigenvalue weighted by atomic mass is 9.91. The van der Waals surface area contributed by atoms with Gasteiger partial charge >= 0.3 is 5.97 Å². The van der Waals surface area contributed by atoms with Gasteiger partial charge in [-0.15, -0.1) is 0 Å². The molecule has 0 bridgehead atoms. The molecule has 0 N–H and O–H groups in total. The summed E-state index contributed by atoms with van der Waals surface area (Å²) in [5, 5.41) is 0. The highest BCUT2D eigenvalue weighted by Gasteiger charge is 2.18. The van der Waals surface area contributed by atoms with Crippen molar-refractivity contribution in [2.75, 3.05) is 6.61 Å². The average molecular weight is 385 g/mol. The number of esters is 1. The Labute approximate surface area is 173 Å². The van der Waals surface area contributed by atoms with E-state index in [4.69, 9.17) is 4.74 Å². The Morgan fingerprint density at radius 2 is 1.14 bits per heavy atom. The van der Waals surface area contributed by atoms with E-state index in [9.17, 15) is 4.79 Å². The van der Waals surface area contributed by atoms with Gasteiger partial charge in [0.25, 0.3) is 0 Å². The Hall–Kier alpha value is -3.13. The highest BCUT2D eigenvalue weighted by molar-refractivity contribution is 5.89. The predicted octanol–water partition coefficient (Wildman–Crippen LogP) is 5.96. The normalized spacial score (nSPS) is 10.4. The first-order valence-corrected chi connectivity index (χ1v) is 10.3. The van der Waals surface area contributed by atoms with Crippen LogP contribution in [0.2, 0.25) is 0 Å². The predicted molar refractivity (Wildman–Crippen MR) is 119 cm³/mol. The summed E-state index contributed by atoms with van der Waals surface area (Å²) in [5.41, 5.74) is 5.59. The minimum absolute atomic E-state index is 0.190. The fraction of sp³-hybridized carbons (Fsp3) is 0.222. The molecule has 3 aromatic rings. The lowest BCUT2D eigenvalue weighted by molar-refractivity contribution is -0.138. The standard InChI is InChI=1S/C27H28O2/c1-2-29-27(28)26(19-18-22-12-6-3-7-13-22)25(20-23-14-8-4-9-15-23)21-24-16-10-5-11-17-24/h3-17H,2,18-21H2,1H3. The largest absolute Gasteiger partial charge is 0.463 e. The van der Waals surface area contributed by atoms with Crippen LogP contribution in [0.1, 0.15) is 30.0 Å². The number of benzene rings is 3. The maximum absolute atomic E-state index is 12.9. The van der Waals surface area contributed by atoms with Crippen LogP contribution in [0.4, 0.5) is 0 Å². The number of carbonyl (C=O) groups excluding carboxylic acids is 1. The summed E-state index contributed by atoms with van der Waals surface area (Å²) >= 11 is 0. The number of ether oxygens (including phenoxy) is 1. The highest BCUT2D eigenvalue weighted by atomic mass is 16.5. The molecule has 0 saturated heterocycles. The molecule has 2 nitrogen and oxygen atoms in total. The monoisotopic (exact) mass is 384 g/mol. The molecule has 2 heteroatoms. The second-order valence-electron chi connectivity index (χ2n) is 7.11. The summed E-state index contributed by atoms with van der Waals surface area (Å²) in [5.74, 6) is -0.190. The van der Waals surface area contributed by atoms with E-state index < -0.39 is 0 Å². The zero-order chi connectivity index (χ0) is 20.3. The molecule has 148 valence electrons. The van der Waals surface area contributed by atoms with Crippen LogP contribution >= 0.6 is 0 Å². The number of allylic oxidation sites excluding steroid dienone is 1. The van der Waals surface area contributed by atoms with Gasteiger partial charge in [0.15, 0.2) is 0 Å².